The third-order valence-corrected chi connectivity index (χ3v) is 5.01. The Balaban J connectivity index is 2.55. The highest BCUT2D eigenvalue weighted by Gasteiger charge is 2.26. The largest absolute Gasteiger partial charge is 0.497 e. The number of carboxylic acid groups (broad SMARTS) is 1. The maximum Gasteiger partial charge on any atom is 0.328 e. The van der Waals surface area contributed by atoms with Gasteiger partial charge in [0.15, 0.2) is 0 Å². The Kier molecular flexibility index (Phi) is 8.28. The van der Waals surface area contributed by atoms with Crippen LogP contribution in [0.1, 0.15) is 31.7 Å². The minimum absolute atomic E-state index is 0.0631. The van der Waals surface area contributed by atoms with E-state index in [2.05, 4.69) is 44.0 Å². The third-order valence-electron chi connectivity index (χ3n) is 5.01. The number of methoxy groups -OCH3 is 1. The number of hydrogen-bond acceptors (Lipinski definition) is 3. The number of rotatable bonds is 8. The van der Waals surface area contributed by atoms with Crippen LogP contribution in [0.25, 0.3) is 0 Å². The van der Waals surface area contributed by atoms with E-state index in [0.717, 1.165) is 34.6 Å². The van der Waals surface area contributed by atoms with Crippen LogP contribution in [0.4, 0.5) is 0 Å². The van der Waals surface area contributed by atoms with Crippen LogP contribution in [0.3, 0.4) is 0 Å². The molecule has 29 heavy (non-hydrogen) atoms. The van der Waals surface area contributed by atoms with Crippen LogP contribution < -0.4 is 10.1 Å². The van der Waals surface area contributed by atoms with Crippen molar-refractivity contribution in [2.45, 2.75) is 26.2 Å². The minimum atomic E-state index is -0.967. The summed E-state index contributed by atoms with van der Waals surface area (Å²) in [6, 6.07) is 7.98. The molecule has 1 aliphatic rings. The number of hydrogen-bond donors (Lipinski definition) is 2. The van der Waals surface area contributed by atoms with Crippen LogP contribution in [-0.4, -0.2) is 18.2 Å². The van der Waals surface area contributed by atoms with Crippen molar-refractivity contribution >= 4 is 5.97 Å². The fraction of sp³-hybridized carbons (Fsp3) is 0.240. The van der Waals surface area contributed by atoms with E-state index in [0.29, 0.717) is 0 Å². The number of carboxylic acids is 1. The van der Waals surface area contributed by atoms with Crippen molar-refractivity contribution in [3.8, 4) is 5.75 Å². The smallest absolute Gasteiger partial charge is 0.328 e. The van der Waals surface area contributed by atoms with Gasteiger partial charge in [0.1, 0.15) is 5.75 Å². The lowest BCUT2D eigenvalue weighted by Crippen LogP contribution is -2.21. The van der Waals surface area contributed by atoms with E-state index < -0.39 is 5.97 Å². The molecule has 0 aliphatic carbocycles. The summed E-state index contributed by atoms with van der Waals surface area (Å²) in [5.74, 6) is -0.154. The molecule has 0 aromatic heterocycles. The summed E-state index contributed by atoms with van der Waals surface area (Å²) in [7, 11) is 1.65. The van der Waals surface area contributed by atoms with Gasteiger partial charge in [-0.3, -0.25) is 0 Å². The molecule has 1 aromatic rings. The van der Waals surface area contributed by atoms with Crippen LogP contribution in [0.15, 0.2) is 96.4 Å². The lowest BCUT2D eigenvalue weighted by Gasteiger charge is -2.27. The zero-order valence-electron chi connectivity index (χ0n) is 17.3. The lowest BCUT2D eigenvalue weighted by molar-refractivity contribution is -0.131. The quantitative estimate of drug-likeness (QED) is 0.453. The van der Waals surface area contributed by atoms with Gasteiger partial charge in [-0.05, 0) is 53.3 Å². The molecule has 2 unspecified atom stereocenters. The van der Waals surface area contributed by atoms with Gasteiger partial charge < -0.3 is 15.2 Å². The van der Waals surface area contributed by atoms with Crippen LogP contribution in [0, 0.1) is 5.92 Å². The maximum absolute atomic E-state index is 11.1. The molecule has 0 fully saturated rings. The first-order valence-corrected chi connectivity index (χ1v) is 9.71. The molecule has 0 saturated heterocycles. The molecule has 0 spiro atoms. The van der Waals surface area contributed by atoms with Crippen molar-refractivity contribution < 1.29 is 14.6 Å². The van der Waals surface area contributed by atoms with Gasteiger partial charge in [0.2, 0.25) is 0 Å². The summed E-state index contributed by atoms with van der Waals surface area (Å²) in [5.41, 5.74) is 4.15. The van der Waals surface area contributed by atoms with Crippen molar-refractivity contribution in [3.63, 3.8) is 0 Å². The number of benzene rings is 1. The zero-order valence-corrected chi connectivity index (χ0v) is 17.3. The van der Waals surface area contributed by atoms with Crippen LogP contribution in [0.2, 0.25) is 0 Å². The second-order valence-corrected chi connectivity index (χ2v) is 6.81. The van der Waals surface area contributed by atoms with E-state index >= 15 is 0 Å². The lowest BCUT2D eigenvalue weighted by atomic mass is 9.79. The van der Waals surface area contributed by atoms with E-state index in [1.807, 2.05) is 42.6 Å². The van der Waals surface area contributed by atoms with Crippen LogP contribution in [0.5, 0.6) is 5.75 Å². The van der Waals surface area contributed by atoms with E-state index in [1.54, 1.807) is 13.2 Å². The first-order valence-electron chi connectivity index (χ1n) is 9.71. The fourth-order valence-electron chi connectivity index (χ4n) is 3.36. The summed E-state index contributed by atoms with van der Waals surface area (Å²) in [5, 5.41) is 12.5. The van der Waals surface area contributed by atoms with Gasteiger partial charge in [0, 0.05) is 23.9 Å². The predicted molar refractivity (Wildman–Crippen MR) is 119 cm³/mol. The molecular formula is C25H29NO3. The number of ether oxygens (including phenoxy) is 1. The summed E-state index contributed by atoms with van der Waals surface area (Å²) in [6.07, 6.45) is 15.4. The standard InChI is InChI=1S/C25H29NO3/c1-5-19(6-2)12-14-23-25(18(3)21-9-7-11-22(17-21)29-4)20(10-8-16-26-23)13-15-24(27)28/h5,7-18,25-26H,1,6H2,2-4H3,(H,27,28)/b15-13+,19-12+,23-14+. The molecule has 2 atom stereocenters. The van der Waals surface area contributed by atoms with E-state index in [1.165, 1.54) is 6.08 Å². The SMILES string of the molecule is C=C/C(=C\C=C1\NC=CC=C(/C=C/C(=O)O)C1C(C)c1cccc(OC)c1)CC. The van der Waals surface area contributed by atoms with E-state index in [-0.39, 0.29) is 11.8 Å². The predicted octanol–water partition coefficient (Wildman–Crippen LogP) is 5.51. The average molecular weight is 392 g/mol. The van der Waals surface area contributed by atoms with Gasteiger partial charge in [-0.2, -0.15) is 0 Å². The van der Waals surface area contributed by atoms with Crippen molar-refractivity contribution in [1.82, 2.24) is 5.32 Å². The Morgan fingerprint density at radius 1 is 1.41 bits per heavy atom. The van der Waals surface area contributed by atoms with Gasteiger partial charge >= 0.3 is 5.97 Å². The van der Waals surface area contributed by atoms with Gasteiger partial charge in [-0.15, -0.1) is 0 Å². The van der Waals surface area contributed by atoms with Crippen LogP contribution in [-0.2, 0) is 4.79 Å². The van der Waals surface area contributed by atoms with E-state index in [9.17, 15) is 4.79 Å². The second-order valence-electron chi connectivity index (χ2n) is 6.81. The van der Waals surface area contributed by atoms with Crippen molar-refractivity contribution in [2.24, 2.45) is 5.92 Å². The number of allylic oxidation sites excluding steroid dienone is 8. The Hall–Kier alpha value is -3.27. The second kappa shape index (κ2) is 10.9. The molecule has 1 heterocycles. The molecule has 0 bridgehead atoms. The molecule has 0 saturated carbocycles. The third kappa shape index (κ3) is 6.11. The molecule has 1 aliphatic heterocycles. The Morgan fingerprint density at radius 3 is 2.86 bits per heavy atom. The van der Waals surface area contributed by atoms with Gasteiger partial charge in [-0.25, -0.2) is 4.79 Å². The van der Waals surface area contributed by atoms with Crippen molar-refractivity contribution in [3.05, 3.63) is 102 Å². The fourth-order valence-corrected chi connectivity index (χ4v) is 3.36. The molecule has 2 N–H and O–H groups in total. The summed E-state index contributed by atoms with van der Waals surface area (Å²) < 4.78 is 5.39. The Bertz CT molecular complexity index is 887. The minimum Gasteiger partial charge on any atom is -0.497 e. The molecule has 0 amide bonds. The zero-order chi connectivity index (χ0) is 21.2. The highest BCUT2D eigenvalue weighted by Crippen LogP contribution is 2.37. The summed E-state index contributed by atoms with van der Waals surface area (Å²) in [4.78, 5) is 11.1. The van der Waals surface area contributed by atoms with Gasteiger partial charge in [-0.1, -0.05) is 56.9 Å². The molecule has 1 aromatic carbocycles. The first-order chi connectivity index (χ1) is 14.0. The molecular weight excluding hydrogens is 362 g/mol. The average Bonchev–Trinajstić information content (AvgIpc) is 2.94. The van der Waals surface area contributed by atoms with Gasteiger partial charge in [0.25, 0.3) is 0 Å². The van der Waals surface area contributed by atoms with E-state index in [4.69, 9.17) is 9.84 Å². The maximum atomic E-state index is 11.1. The molecule has 4 heteroatoms. The summed E-state index contributed by atoms with van der Waals surface area (Å²) >= 11 is 0. The molecule has 4 nitrogen and oxygen atoms in total. The number of aliphatic carboxylic acids is 1. The molecule has 2 rings (SSSR count). The van der Waals surface area contributed by atoms with Crippen molar-refractivity contribution in [1.29, 1.82) is 0 Å². The molecule has 0 radical (unpaired) electrons. The van der Waals surface area contributed by atoms with Crippen molar-refractivity contribution in [2.75, 3.05) is 7.11 Å². The Morgan fingerprint density at radius 2 is 2.21 bits per heavy atom. The topological polar surface area (TPSA) is 58.6 Å². The number of carbonyl (C=O) groups is 1. The normalized spacial score (nSPS) is 19.4. The number of nitrogens with one attached hydrogen (secondary N) is 1. The first kappa shape index (κ1) is 22.0. The van der Waals surface area contributed by atoms with Gasteiger partial charge in [0.05, 0.1) is 7.11 Å². The summed E-state index contributed by atoms with van der Waals surface area (Å²) in [6.45, 7) is 8.09. The highest BCUT2D eigenvalue weighted by molar-refractivity contribution is 5.80. The monoisotopic (exact) mass is 391 g/mol. The Labute approximate surface area is 173 Å². The highest BCUT2D eigenvalue weighted by atomic mass is 16.5. The molecule has 152 valence electrons. The van der Waals surface area contributed by atoms with Crippen LogP contribution >= 0.6 is 0 Å².